The molecule has 1 saturated carbocycles. The molecule has 1 saturated heterocycles. The number of nitrogens with zero attached hydrogens (tertiary/aromatic N) is 4. The number of rotatable bonds is 3. The van der Waals surface area contributed by atoms with E-state index in [0.717, 1.165) is 23.8 Å². The van der Waals surface area contributed by atoms with Crippen molar-refractivity contribution in [2.24, 2.45) is 0 Å². The lowest BCUT2D eigenvalue weighted by atomic mass is 10.0. The molecule has 3 rings (SSSR count). The third kappa shape index (κ3) is 2.63. The van der Waals surface area contributed by atoms with Gasteiger partial charge in [0, 0.05) is 25.2 Å². The molecule has 0 atom stereocenters. The van der Waals surface area contributed by atoms with Gasteiger partial charge in [-0.15, -0.1) is 5.10 Å². The predicted octanol–water partition coefficient (Wildman–Crippen LogP) is 2.59. The van der Waals surface area contributed by atoms with Gasteiger partial charge in [0.05, 0.1) is 0 Å². The highest BCUT2D eigenvalue weighted by atomic mass is 32.1. The highest BCUT2D eigenvalue weighted by molar-refractivity contribution is 7.71. The van der Waals surface area contributed by atoms with E-state index in [1.165, 1.54) is 38.5 Å². The van der Waals surface area contributed by atoms with Crippen LogP contribution in [0.1, 0.15) is 44.6 Å². The van der Waals surface area contributed by atoms with Gasteiger partial charge in [0.1, 0.15) is 0 Å². The molecule has 20 heavy (non-hydrogen) atoms. The second-order valence-electron chi connectivity index (χ2n) is 6.32. The Bertz CT molecular complexity index is 492. The van der Waals surface area contributed by atoms with E-state index in [2.05, 4.69) is 38.7 Å². The van der Waals surface area contributed by atoms with Crippen LogP contribution >= 0.6 is 12.2 Å². The summed E-state index contributed by atoms with van der Waals surface area (Å²) >= 11 is 5.45. The molecule has 5 nitrogen and oxygen atoms in total. The minimum atomic E-state index is 0.558. The van der Waals surface area contributed by atoms with Gasteiger partial charge in [-0.2, -0.15) is 0 Å². The number of H-pyrrole nitrogens is 1. The SMILES string of the molecule is CN(C)C1CCN(c2n[nH]c(=S)n2C2CCCC2)CC1. The summed E-state index contributed by atoms with van der Waals surface area (Å²) < 4.78 is 3.07. The van der Waals surface area contributed by atoms with Gasteiger partial charge < -0.3 is 9.80 Å². The van der Waals surface area contributed by atoms with E-state index >= 15 is 0 Å². The molecular weight excluding hydrogens is 270 g/mol. The first-order valence-corrected chi connectivity index (χ1v) is 8.16. The summed E-state index contributed by atoms with van der Waals surface area (Å²) in [7, 11) is 4.35. The molecule has 1 N–H and O–H groups in total. The Hall–Kier alpha value is -0.880. The van der Waals surface area contributed by atoms with Crippen molar-refractivity contribution >= 4 is 18.2 Å². The molecule has 1 aromatic heterocycles. The molecule has 2 aliphatic rings. The first kappa shape index (κ1) is 14.1. The quantitative estimate of drug-likeness (QED) is 0.870. The largest absolute Gasteiger partial charge is 0.341 e. The van der Waals surface area contributed by atoms with Gasteiger partial charge in [-0.1, -0.05) is 12.8 Å². The van der Waals surface area contributed by atoms with Crippen molar-refractivity contribution in [3.05, 3.63) is 4.77 Å². The van der Waals surface area contributed by atoms with Crippen LogP contribution in [0.5, 0.6) is 0 Å². The zero-order chi connectivity index (χ0) is 14.1. The summed E-state index contributed by atoms with van der Waals surface area (Å²) in [4.78, 5) is 4.75. The van der Waals surface area contributed by atoms with E-state index in [4.69, 9.17) is 12.2 Å². The number of hydrogen-bond donors (Lipinski definition) is 1. The molecule has 0 bridgehead atoms. The maximum Gasteiger partial charge on any atom is 0.225 e. The van der Waals surface area contributed by atoms with Crippen LogP contribution in [0.4, 0.5) is 5.95 Å². The van der Waals surface area contributed by atoms with Gasteiger partial charge in [-0.3, -0.25) is 4.57 Å². The van der Waals surface area contributed by atoms with Crippen LogP contribution in [0.15, 0.2) is 0 Å². The van der Waals surface area contributed by atoms with Crippen molar-refractivity contribution in [3.63, 3.8) is 0 Å². The van der Waals surface area contributed by atoms with Crippen LogP contribution in [0, 0.1) is 4.77 Å². The lowest BCUT2D eigenvalue weighted by molar-refractivity contribution is 0.248. The molecule has 2 fully saturated rings. The third-order valence-corrected chi connectivity index (χ3v) is 5.14. The highest BCUT2D eigenvalue weighted by Crippen LogP contribution is 2.33. The molecule has 1 aliphatic heterocycles. The number of piperidine rings is 1. The topological polar surface area (TPSA) is 40.1 Å². The fourth-order valence-corrected chi connectivity index (χ4v) is 3.87. The smallest absolute Gasteiger partial charge is 0.225 e. The average Bonchev–Trinajstić information content (AvgIpc) is 3.07. The summed E-state index contributed by atoms with van der Waals surface area (Å²) in [6.45, 7) is 2.16. The van der Waals surface area contributed by atoms with Gasteiger partial charge in [-0.25, -0.2) is 5.10 Å². The molecule has 112 valence electrons. The molecule has 0 unspecified atom stereocenters. The Balaban J connectivity index is 1.76. The van der Waals surface area contributed by atoms with Gasteiger partial charge in [0.15, 0.2) is 4.77 Å². The second kappa shape index (κ2) is 5.85. The van der Waals surface area contributed by atoms with Crippen LogP contribution in [-0.2, 0) is 0 Å². The van der Waals surface area contributed by atoms with E-state index in [9.17, 15) is 0 Å². The van der Waals surface area contributed by atoms with Crippen LogP contribution < -0.4 is 4.90 Å². The maximum atomic E-state index is 5.45. The van der Waals surface area contributed by atoms with Crippen molar-refractivity contribution < 1.29 is 0 Å². The maximum absolute atomic E-state index is 5.45. The standard InChI is InChI=1S/C14H25N5S/c1-17(2)11-7-9-18(10-8-11)13-15-16-14(20)19(13)12-5-3-4-6-12/h11-12H,3-10H2,1-2H3,(H,16,20). The fourth-order valence-electron chi connectivity index (χ4n) is 3.59. The molecule has 0 aromatic carbocycles. The molecule has 0 amide bonds. The molecule has 1 aromatic rings. The van der Waals surface area contributed by atoms with E-state index in [-0.39, 0.29) is 0 Å². The predicted molar refractivity (Wildman–Crippen MR) is 83.8 cm³/mol. The van der Waals surface area contributed by atoms with Gasteiger partial charge in [0.2, 0.25) is 5.95 Å². The Labute approximate surface area is 126 Å². The lowest BCUT2D eigenvalue weighted by Gasteiger charge is -2.36. The molecule has 1 aliphatic carbocycles. The van der Waals surface area contributed by atoms with Gasteiger partial charge in [0.25, 0.3) is 0 Å². The molecule has 0 radical (unpaired) electrons. The van der Waals surface area contributed by atoms with Gasteiger partial charge in [-0.05, 0) is 52.0 Å². The van der Waals surface area contributed by atoms with Crippen molar-refractivity contribution in [2.75, 3.05) is 32.1 Å². The summed E-state index contributed by atoms with van der Waals surface area (Å²) in [5.41, 5.74) is 0. The van der Waals surface area contributed by atoms with Crippen LogP contribution in [-0.4, -0.2) is 52.9 Å². The Morgan fingerprint density at radius 3 is 2.40 bits per heavy atom. The highest BCUT2D eigenvalue weighted by Gasteiger charge is 2.27. The fraction of sp³-hybridized carbons (Fsp3) is 0.857. The number of hydrogen-bond acceptors (Lipinski definition) is 4. The summed E-state index contributed by atoms with van der Waals surface area (Å²) in [6, 6.07) is 1.26. The van der Waals surface area contributed by atoms with Crippen molar-refractivity contribution in [1.82, 2.24) is 19.7 Å². The zero-order valence-corrected chi connectivity index (χ0v) is 13.3. The summed E-state index contributed by atoms with van der Waals surface area (Å²) in [5.74, 6) is 1.07. The zero-order valence-electron chi connectivity index (χ0n) is 12.5. The third-order valence-electron chi connectivity index (χ3n) is 4.85. The number of nitrogens with one attached hydrogen (secondary N) is 1. The van der Waals surface area contributed by atoms with Crippen molar-refractivity contribution in [2.45, 2.75) is 50.6 Å². The minimum absolute atomic E-state index is 0.558. The van der Waals surface area contributed by atoms with E-state index < -0.39 is 0 Å². The van der Waals surface area contributed by atoms with E-state index in [1.807, 2.05) is 0 Å². The van der Waals surface area contributed by atoms with Crippen LogP contribution in [0.25, 0.3) is 0 Å². The van der Waals surface area contributed by atoms with Gasteiger partial charge >= 0.3 is 0 Å². The van der Waals surface area contributed by atoms with E-state index in [0.29, 0.717) is 12.1 Å². The summed E-state index contributed by atoms with van der Waals surface area (Å²) in [5, 5.41) is 7.52. The molecule has 6 heteroatoms. The molecule has 2 heterocycles. The van der Waals surface area contributed by atoms with Crippen molar-refractivity contribution in [1.29, 1.82) is 0 Å². The Morgan fingerprint density at radius 1 is 1.15 bits per heavy atom. The average molecular weight is 295 g/mol. The van der Waals surface area contributed by atoms with Crippen molar-refractivity contribution in [3.8, 4) is 0 Å². The number of aromatic nitrogens is 3. The molecular formula is C14H25N5S. The summed E-state index contributed by atoms with van der Waals surface area (Å²) in [6.07, 6.45) is 7.54. The van der Waals surface area contributed by atoms with E-state index in [1.54, 1.807) is 0 Å². The first-order valence-electron chi connectivity index (χ1n) is 7.75. The van der Waals surface area contributed by atoms with Crippen LogP contribution in [0.2, 0.25) is 0 Å². The number of anilines is 1. The minimum Gasteiger partial charge on any atom is -0.341 e. The second-order valence-corrected chi connectivity index (χ2v) is 6.71. The first-order chi connectivity index (χ1) is 9.66. The molecule has 0 spiro atoms. The van der Waals surface area contributed by atoms with Crippen LogP contribution in [0.3, 0.4) is 0 Å². The Kier molecular flexibility index (Phi) is 4.12. The Morgan fingerprint density at radius 2 is 1.80 bits per heavy atom. The number of aromatic amines is 1. The monoisotopic (exact) mass is 295 g/mol. The normalized spacial score (nSPS) is 22.1. The lowest BCUT2D eigenvalue weighted by Crippen LogP contribution is -2.43.